The normalized spacial score (nSPS) is 29.9. The van der Waals surface area contributed by atoms with Gasteiger partial charge in [-0.3, -0.25) is 14.4 Å². The van der Waals surface area contributed by atoms with Gasteiger partial charge >= 0.3 is 5.97 Å². The number of fused-ring (bicyclic) bond motifs is 1. The maximum Gasteiger partial charge on any atom is 0.313 e. The van der Waals surface area contributed by atoms with Crippen LogP contribution < -0.4 is 4.90 Å². The number of hydrogen-bond acceptors (Lipinski definition) is 6. The zero-order chi connectivity index (χ0) is 28.7. The predicted octanol–water partition coefficient (Wildman–Crippen LogP) is 3.72. The number of aliphatic hydroxyl groups excluding tert-OH is 1. The number of rotatable bonds is 11. The van der Waals surface area contributed by atoms with Gasteiger partial charge in [-0.25, -0.2) is 0 Å². The maximum atomic E-state index is 14.8. The molecular formula is C31H42N2O6. The van der Waals surface area contributed by atoms with Crippen molar-refractivity contribution in [3.63, 3.8) is 0 Å². The van der Waals surface area contributed by atoms with Crippen LogP contribution in [0.2, 0.25) is 0 Å². The number of amides is 2. The van der Waals surface area contributed by atoms with Gasteiger partial charge in [0, 0.05) is 12.2 Å². The van der Waals surface area contributed by atoms with Crippen LogP contribution in [0.25, 0.3) is 0 Å². The lowest BCUT2D eigenvalue weighted by atomic mass is 9.65. The molecule has 0 aromatic heterocycles. The van der Waals surface area contributed by atoms with Crippen LogP contribution in [0.1, 0.15) is 51.2 Å². The molecule has 6 atom stereocenters. The van der Waals surface area contributed by atoms with E-state index in [4.69, 9.17) is 9.47 Å². The van der Waals surface area contributed by atoms with Crippen LogP contribution >= 0.6 is 0 Å². The van der Waals surface area contributed by atoms with Gasteiger partial charge in [0.1, 0.15) is 24.2 Å². The fraction of sp³-hybridized carbons (Fsp3) is 0.581. The zero-order valence-electron chi connectivity index (χ0n) is 23.8. The third-order valence-corrected chi connectivity index (χ3v) is 9.00. The molecular weight excluding hydrogens is 496 g/mol. The topological polar surface area (TPSA) is 96.4 Å². The molecule has 3 fully saturated rings. The van der Waals surface area contributed by atoms with Crippen molar-refractivity contribution in [3.8, 4) is 0 Å². The van der Waals surface area contributed by atoms with E-state index in [2.05, 4.69) is 13.2 Å². The van der Waals surface area contributed by atoms with Crippen molar-refractivity contribution in [2.24, 2.45) is 17.8 Å². The molecule has 4 rings (SSSR count). The van der Waals surface area contributed by atoms with Gasteiger partial charge < -0.3 is 24.4 Å². The summed E-state index contributed by atoms with van der Waals surface area (Å²) in [6.45, 7) is 17.1. The molecule has 3 heterocycles. The molecule has 0 aliphatic carbocycles. The Morgan fingerprint density at radius 2 is 1.97 bits per heavy atom. The van der Waals surface area contributed by atoms with E-state index in [0.717, 1.165) is 16.8 Å². The largest absolute Gasteiger partial charge is 0.461 e. The van der Waals surface area contributed by atoms with Gasteiger partial charge in [-0.1, -0.05) is 51.6 Å². The van der Waals surface area contributed by atoms with Crippen molar-refractivity contribution in [2.75, 3.05) is 24.7 Å². The molecule has 1 aromatic carbocycles. The molecule has 1 N–H and O–H groups in total. The average molecular weight is 539 g/mol. The van der Waals surface area contributed by atoms with Crippen LogP contribution in [0.15, 0.2) is 43.5 Å². The molecule has 212 valence electrons. The number of aliphatic hydroxyl groups is 1. The van der Waals surface area contributed by atoms with Crippen LogP contribution in [-0.2, 0) is 23.9 Å². The summed E-state index contributed by atoms with van der Waals surface area (Å²) in [5, 5.41) is 10.5. The third-order valence-electron chi connectivity index (χ3n) is 9.00. The van der Waals surface area contributed by atoms with Crippen molar-refractivity contribution < 1.29 is 29.0 Å². The maximum absolute atomic E-state index is 14.8. The zero-order valence-corrected chi connectivity index (χ0v) is 23.8. The molecule has 1 spiro atoms. The van der Waals surface area contributed by atoms with E-state index in [0.29, 0.717) is 19.3 Å². The molecule has 3 aliphatic rings. The van der Waals surface area contributed by atoms with Crippen LogP contribution in [0.4, 0.5) is 5.69 Å². The first kappa shape index (κ1) is 29.0. The minimum Gasteiger partial charge on any atom is -0.461 e. The molecule has 3 aliphatic heterocycles. The summed E-state index contributed by atoms with van der Waals surface area (Å²) in [6, 6.07) is 4.27. The Morgan fingerprint density at radius 3 is 2.56 bits per heavy atom. The minimum absolute atomic E-state index is 0.0279. The van der Waals surface area contributed by atoms with Crippen LogP contribution in [0, 0.1) is 31.6 Å². The highest BCUT2D eigenvalue weighted by Gasteiger charge is 2.79. The summed E-state index contributed by atoms with van der Waals surface area (Å²) < 4.78 is 12.3. The number of hydrogen-bond donors (Lipinski definition) is 1. The Labute approximate surface area is 231 Å². The number of benzene rings is 1. The van der Waals surface area contributed by atoms with Gasteiger partial charge in [-0.2, -0.15) is 0 Å². The van der Waals surface area contributed by atoms with Crippen LogP contribution in [0.5, 0.6) is 0 Å². The predicted molar refractivity (Wildman–Crippen MR) is 149 cm³/mol. The highest BCUT2D eigenvalue weighted by atomic mass is 16.6. The number of carbonyl (C=O) groups is 3. The molecule has 1 aromatic rings. The second-order valence-corrected chi connectivity index (χ2v) is 11.5. The number of ether oxygens (including phenoxy) is 2. The van der Waals surface area contributed by atoms with E-state index in [1.165, 1.54) is 11.0 Å². The highest BCUT2D eigenvalue weighted by Crippen LogP contribution is 2.65. The Kier molecular flexibility index (Phi) is 8.11. The lowest BCUT2D eigenvalue weighted by molar-refractivity contribution is -0.161. The van der Waals surface area contributed by atoms with Crippen molar-refractivity contribution in [3.05, 3.63) is 54.6 Å². The fourth-order valence-electron chi connectivity index (χ4n) is 7.10. The molecule has 2 amide bonds. The van der Waals surface area contributed by atoms with Crippen LogP contribution in [0.3, 0.4) is 0 Å². The lowest BCUT2D eigenvalue weighted by Gasteiger charge is -2.41. The monoisotopic (exact) mass is 538 g/mol. The van der Waals surface area contributed by atoms with Gasteiger partial charge in [0.2, 0.25) is 5.91 Å². The quantitative estimate of drug-likeness (QED) is 0.341. The molecule has 8 heteroatoms. The van der Waals surface area contributed by atoms with Crippen molar-refractivity contribution >= 4 is 23.5 Å². The summed E-state index contributed by atoms with van der Waals surface area (Å²) in [5.41, 5.74) is 0.545. The molecule has 39 heavy (non-hydrogen) atoms. The molecule has 2 bridgehead atoms. The van der Waals surface area contributed by atoms with Gasteiger partial charge in [-0.15, -0.1) is 6.58 Å². The van der Waals surface area contributed by atoms with E-state index in [1.54, 1.807) is 11.0 Å². The van der Waals surface area contributed by atoms with Crippen molar-refractivity contribution in [2.45, 2.75) is 77.2 Å². The number of esters is 1. The lowest BCUT2D eigenvalue weighted by Crippen LogP contribution is -2.60. The fourth-order valence-corrected chi connectivity index (χ4v) is 7.10. The molecule has 2 unspecified atom stereocenters. The third kappa shape index (κ3) is 4.42. The van der Waals surface area contributed by atoms with Crippen LogP contribution in [-0.4, -0.2) is 70.8 Å². The summed E-state index contributed by atoms with van der Waals surface area (Å²) >= 11 is 0. The van der Waals surface area contributed by atoms with Gasteiger partial charge in [0.05, 0.1) is 24.2 Å². The number of aryl methyl sites for hydroxylation is 2. The second kappa shape index (κ2) is 10.9. The molecule has 3 saturated heterocycles. The first-order valence-electron chi connectivity index (χ1n) is 13.9. The summed E-state index contributed by atoms with van der Waals surface area (Å²) in [5.74, 6) is -3.01. The van der Waals surface area contributed by atoms with E-state index < -0.39 is 41.1 Å². The van der Waals surface area contributed by atoms with E-state index >= 15 is 0 Å². The summed E-state index contributed by atoms with van der Waals surface area (Å²) in [7, 11) is 0. The van der Waals surface area contributed by atoms with E-state index in [1.807, 2.05) is 52.8 Å². The number of anilines is 1. The number of nitrogens with zero attached hydrogens (tertiary/aromatic N) is 2. The van der Waals surface area contributed by atoms with Crippen molar-refractivity contribution in [1.82, 2.24) is 4.90 Å². The Morgan fingerprint density at radius 1 is 1.26 bits per heavy atom. The Balaban J connectivity index is 1.89. The summed E-state index contributed by atoms with van der Waals surface area (Å²) in [6.07, 6.45) is 4.66. The van der Waals surface area contributed by atoms with E-state index in [9.17, 15) is 19.5 Å². The smallest absolute Gasteiger partial charge is 0.313 e. The second-order valence-electron chi connectivity index (χ2n) is 11.5. The van der Waals surface area contributed by atoms with Gasteiger partial charge in [-0.05, 0) is 56.2 Å². The Bertz CT molecular complexity index is 1160. The first-order valence-corrected chi connectivity index (χ1v) is 13.9. The minimum atomic E-state index is -1.21. The standard InChI is InChI=1S/C31H42N2O6/c1-8-15-32(22-17-20(6)11-12-21(22)7)28(36)26-31-14-13-30(10-3,39-31)25(29(37)38-16-9-2)24(31)27(35)33(26)23(18-34)19(4)5/h8-9,11-12,17,19,23-26,34H,1-2,10,13-16,18H2,3-7H3/t23-,24-,25+,26?,30-,31?/m0/s1. The molecule has 0 radical (unpaired) electrons. The first-order chi connectivity index (χ1) is 18.5. The van der Waals surface area contributed by atoms with Crippen molar-refractivity contribution in [1.29, 1.82) is 0 Å². The van der Waals surface area contributed by atoms with Gasteiger partial charge in [0.25, 0.3) is 5.91 Å². The average Bonchev–Trinajstić information content (AvgIpc) is 3.51. The summed E-state index contributed by atoms with van der Waals surface area (Å²) in [4.78, 5) is 45.8. The number of likely N-dealkylation sites (tertiary alicyclic amines) is 1. The number of carbonyl (C=O) groups excluding carboxylic acids is 3. The SMILES string of the molecule is C=CCOC(=O)[C@H]1[C@H]2C(=O)N([C@@H](CO)C(C)C)C(C(=O)N(CC=C)c3cc(C)ccc3C)C23CC[C@]1(CC)O3. The Hall–Kier alpha value is -2.97. The highest BCUT2D eigenvalue weighted by molar-refractivity contribution is 6.05. The van der Waals surface area contributed by atoms with E-state index in [-0.39, 0.29) is 37.5 Å². The van der Waals surface area contributed by atoms with Gasteiger partial charge in [0.15, 0.2) is 0 Å². The molecule has 8 nitrogen and oxygen atoms in total. The molecule has 0 saturated carbocycles.